The first-order valence-electron chi connectivity index (χ1n) is 4.45. The van der Waals surface area contributed by atoms with Gasteiger partial charge < -0.3 is 5.32 Å². The van der Waals surface area contributed by atoms with Crippen molar-refractivity contribution < 1.29 is 0 Å². The van der Waals surface area contributed by atoms with Crippen LogP contribution in [0.3, 0.4) is 0 Å². The predicted octanol–water partition coefficient (Wildman–Crippen LogP) is 4.99. The highest BCUT2D eigenvalue weighted by molar-refractivity contribution is 9.10. The Kier molecular flexibility index (Phi) is 4.50. The van der Waals surface area contributed by atoms with E-state index in [9.17, 15) is 0 Å². The summed E-state index contributed by atoms with van der Waals surface area (Å²) in [6.07, 6.45) is 0. The molecule has 0 fully saturated rings. The maximum Gasteiger partial charge on any atom is 0.245 e. The summed E-state index contributed by atoms with van der Waals surface area (Å²) in [5.74, 6) is 0.247. The molecule has 0 atom stereocenters. The molecule has 1 aromatic carbocycles. The lowest BCUT2D eigenvalue weighted by atomic mass is 10.3. The Balaban J connectivity index is 2.40. The average molecular weight is 389 g/mol. The highest BCUT2D eigenvalue weighted by Crippen LogP contribution is 2.37. The molecular formula is C9H3BrCl4N4. The van der Waals surface area contributed by atoms with E-state index < -0.39 is 0 Å². The number of rotatable bonds is 2. The van der Waals surface area contributed by atoms with E-state index in [1.54, 1.807) is 12.1 Å². The molecule has 1 N–H and O–H groups in total. The fraction of sp³-hybridized carbons (Fsp3) is 0. The van der Waals surface area contributed by atoms with Gasteiger partial charge in [0.25, 0.3) is 0 Å². The van der Waals surface area contributed by atoms with Gasteiger partial charge in [-0.2, -0.15) is 4.98 Å². The lowest BCUT2D eigenvalue weighted by Crippen LogP contribution is -1.99. The molecule has 0 aliphatic heterocycles. The van der Waals surface area contributed by atoms with Gasteiger partial charge in [-0.1, -0.05) is 34.8 Å². The molecule has 9 heteroatoms. The molecule has 18 heavy (non-hydrogen) atoms. The van der Waals surface area contributed by atoms with Gasteiger partial charge in [0.1, 0.15) is 0 Å². The molecule has 0 radical (unpaired) electrons. The van der Waals surface area contributed by atoms with Crippen LogP contribution in [0.1, 0.15) is 0 Å². The van der Waals surface area contributed by atoms with Crippen LogP contribution in [0, 0.1) is 0 Å². The molecule has 1 aromatic heterocycles. The smallest absolute Gasteiger partial charge is 0.245 e. The summed E-state index contributed by atoms with van der Waals surface area (Å²) in [5.41, 5.74) is 0.531. The molecule has 0 aliphatic carbocycles. The average Bonchev–Trinajstić information content (AvgIpc) is 2.34. The minimum absolute atomic E-state index is 0.0266. The number of benzene rings is 1. The quantitative estimate of drug-likeness (QED) is 0.736. The summed E-state index contributed by atoms with van der Waals surface area (Å²) >= 11 is 26.8. The number of hydrogen-bond acceptors (Lipinski definition) is 4. The van der Waals surface area contributed by atoms with Crippen LogP contribution in [0.15, 0.2) is 16.6 Å². The maximum atomic E-state index is 6.08. The lowest BCUT2D eigenvalue weighted by Gasteiger charge is -2.10. The van der Waals surface area contributed by atoms with Crippen LogP contribution in [-0.2, 0) is 0 Å². The van der Waals surface area contributed by atoms with E-state index in [0.717, 1.165) is 0 Å². The van der Waals surface area contributed by atoms with Crippen molar-refractivity contribution in [1.82, 2.24) is 15.2 Å². The van der Waals surface area contributed by atoms with Crippen LogP contribution in [0.4, 0.5) is 11.5 Å². The van der Waals surface area contributed by atoms with Gasteiger partial charge in [0.2, 0.25) is 5.28 Å². The maximum absolute atomic E-state index is 6.08. The Hall–Kier alpha value is -0.330. The van der Waals surface area contributed by atoms with Crippen molar-refractivity contribution in [1.29, 1.82) is 0 Å². The summed E-state index contributed by atoms with van der Waals surface area (Å²) in [5, 5.41) is 10.8. The number of nitrogens with zero attached hydrogens (tertiary/aromatic N) is 3. The van der Waals surface area contributed by atoms with E-state index in [-0.39, 0.29) is 16.3 Å². The highest BCUT2D eigenvalue weighted by atomic mass is 79.9. The third-order valence-electron chi connectivity index (χ3n) is 1.91. The van der Waals surface area contributed by atoms with E-state index in [1.165, 1.54) is 0 Å². The van der Waals surface area contributed by atoms with Crippen molar-refractivity contribution in [2.24, 2.45) is 0 Å². The zero-order chi connectivity index (χ0) is 13.3. The normalized spacial score (nSPS) is 10.5. The number of halogens is 5. The number of aromatic nitrogens is 3. The van der Waals surface area contributed by atoms with Gasteiger partial charge in [-0.15, -0.1) is 10.2 Å². The largest absolute Gasteiger partial charge is 0.336 e. The van der Waals surface area contributed by atoms with Crippen molar-refractivity contribution >= 4 is 73.8 Å². The molecule has 0 bridgehead atoms. The van der Waals surface area contributed by atoms with Crippen molar-refractivity contribution in [3.05, 3.63) is 37.1 Å². The molecule has 0 spiro atoms. The van der Waals surface area contributed by atoms with Gasteiger partial charge in [0, 0.05) is 4.47 Å². The van der Waals surface area contributed by atoms with Crippen LogP contribution in [0.5, 0.6) is 0 Å². The monoisotopic (exact) mass is 386 g/mol. The standard InChI is InChI=1S/C9H3BrCl4N4/c10-3-1-2-4(6(12)5(3)11)15-8-7(13)17-18-9(14)16-8/h1-2H,(H,15,16,18). The van der Waals surface area contributed by atoms with Crippen molar-refractivity contribution in [2.45, 2.75) is 0 Å². The van der Waals surface area contributed by atoms with Gasteiger partial charge in [-0.3, -0.25) is 0 Å². The second-order valence-corrected chi connectivity index (χ2v) is 5.37. The number of hydrogen-bond donors (Lipinski definition) is 1. The van der Waals surface area contributed by atoms with Crippen LogP contribution in [-0.4, -0.2) is 15.2 Å². The summed E-state index contributed by atoms with van der Waals surface area (Å²) in [4.78, 5) is 3.90. The zero-order valence-electron chi connectivity index (χ0n) is 8.39. The molecule has 0 saturated carbocycles. The molecule has 0 amide bonds. The third-order valence-corrected chi connectivity index (χ3v) is 4.09. The fourth-order valence-corrected chi connectivity index (χ4v) is 2.19. The number of anilines is 2. The minimum Gasteiger partial charge on any atom is -0.336 e. The zero-order valence-corrected chi connectivity index (χ0v) is 13.0. The molecule has 0 saturated heterocycles. The second kappa shape index (κ2) is 5.75. The van der Waals surface area contributed by atoms with Gasteiger partial charge >= 0.3 is 0 Å². The van der Waals surface area contributed by atoms with Crippen LogP contribution < -0.4 is 5.32 Å². The highest BCUT2D eigenvalue weighted by Gasteiger charge is 2.12. The SMILES string of the molecule is Clc1nnc(Cl)c(Nc2ccc(Br)c(Cl)c2Cl)n1. The predicted molar refractivity (Wildman–Crippen MR) is 77.3 cm³/mol. The van der Waals surface area contributed by atoms with Gasteiger partial charge in [0.05, 0.1) is 15.7 Å². The molecular weight excluding hydrogens is 386 g/mol. The first-order valence-corrected chi connectivity index (χ1v) is 6.75. The summed E-state index contributed by atoms with van der Waals surface area (Å²) in [6, 6.07) is 3.45. The first-order chi connectivity index (χ1) is 8.49. The Labute approximate surface area is 131 Å². The van der Waals surface area contributed by atoms with Gasteiger partial charge in [-0.05, 0) is 39.7 Å². The van der Waals surface area contributed by atoms with Crippen molar-refractivity contribution in [3.63, 3.8) is 0 Å². The second-order valence-electron chi connectivity index (χ2n) is 3.07. The summed E-state index contributed by atoms with van der Waals surface area (Å²) in [7, 11) is 0. The van der Waals surface area contributed by atoms with Gasteiger partial charge in [0.15, 0.2) is 11.0 Å². The van der Waals surface area contributed by atoms with E-state index in [2.05, 4.69) is 36.4 Å². The Bertz CT molecular complexity index is 607. The molecule has 94 valence electrons. The Morgan fingerprint density at radius 2 is 1.72 bits per heavy atom. The topological polar surface area (TPSA) is 50.7 Å². The molecule has 4 nitrogen and oxygen atoms in total. The van der Waals surface area contributed by atoms with Crippen LogP contribution >= 0.6 is 62.3 Å². The minimum atomic E-state index is -0.0266. The molecule has 2 rings (SSSR count). The van der Waals surface area contributed by atoms with E-state index in [0.29, 0.717) is 20.2 Å². The van der Waals surface area contributed by atoms with Crippen LogP contribution in [0.25, 0.3) is 0 Å². The van der Waals surface area contributed by atoms with Crippen molar-refractivity contribution in [3.8, 4) is 0 Å². The lowest BCUT2D eigenvalue weighted by molar-refractivity contribution is 0.975. The molecule has 0 aliphatic rings. The molecule has 1 heterocycles. The number of nitrogens with one attached hydrogen (secondary N) is 1. The van der Waals surface area contributed by atoms with Crippen LogP contribution in [0.2, 0.25) is 20.5 Å². The first kappa shape index (κ1) is 14.1. The molecule has 0 unspecified atom stereocenters. The van der Waals surface area contributed by atoms with E-state index >= 15 is 0 Å². The Morgan fingerprint density at radius 1 is 1.00 bits per heavy atom. The van der Waals surface area contributed by atoms with Gasteiger partial charge in [-0.25, -0.2) is 0 Å². The summed E-state index contributed by atoms with van der Waals surface area (Å²) in [6.45, 7) is 0. The molecule has 2 aromatic rings. The summed E-state index contributed by atoms with van der Waals surface area (Å²) < 4.78 is 0.685. The fourth-order valence-electron chi connectivity index (χ4n) is 1.12. The van der Waals surface area contributed by atoms with E-state index in [1.807, 2.05) is 0 Å². The third kappa shape index (κ3) is 2.97. The van der Waals surface area contributed by atoms with E-state index in [4.69, 9.17) is 46.4 Å². The Morgan fingerprint density at radius 3 is 2.44 bits per heavy atom. The van der Waals surface area contributed by atoms with Crippen molar-refractivity contribution in [2.75, 3.05) is 5.32 Å².